The monoisotopic (exact) mass is 1010 g/mol. The van der Waals surface area contributed by atoms with Crippen LogP contribution in [0.4, 0.5) is 0 Å². The first-order valence-electron chi connectivity index (χ1n) is 30.1. The summed E-state index contributed by atoms with van der Waals surface area (Å²) in [7, 11) is 0. The van der Waals surface area contributed by atoms with Crippen LogP contribution in [-0.4, -0.2) is 91.5 Å². The molecule has 2 aliphatic carbocycles. The Morgan fingerprint density at radius 1 is 0.451 bits per heavy atom. The van der Waals surface area contributed by atoms with Gasteiger partial charge in [0.25, 0.3) is 0 Å². The number of unbranched alkanes of at least 4 members (excludes halogenated alkanes) is 29. The van der Waals surface area contributed by atoms with E-state index in [1.54, 1.807) is 12.2 Å². The van der Waals surface area contributed by atoms with Crippen LogP contribution in [-0.2, 0) is 14.3 Å². The molecular weight excluding hydrogens is 887 g/mol. The molecule has 0 aliphatic heterocycles. The lowest BCUT2D eigenvalue weighted by Gasteiger charge is -2.47. The zero-order valence-corrected chi connectivity index (χ0v) is 47.8. The van der Waals surface area contributed by atoms with E-state index in [1.165, 1.54) is 205 Å². The fraction of sp³-hybridized carbons (Fsp3) is 0.967. The average Bonchev–Trinajstić information content (AvgIpc) is 3.31. The van der Waals surface area contributed by atoms with Crippen molar-refractivity contribution in [1.29, 1.82) is 0 Å². The van der Waals surface area contributed by atoms with Crippen LogP contribution in [0.2, 0.25) is 0 Å². The van der Waals surface area contributed by atoms with Crippen molar-refractivity contribution in [1.82, 2.24) is 5.32 Å². The van der Waals surface area contributed by atoms with Crippen LogP contribution in [0.15, 0.2) is 9.98 Å². The van der Waals surface area contributed by atoms with Gasteiger partial charge in [-0.05, 0) is 105 Å². The number of aliphatic hydroxyl groups excluding tert-OH is 4. The maximum absolute atomic E-state index is 10.3. The molecule has 0 heterocycles. The van der Waals surface area contributed by atoms with Gasteiger partial charge in [0.05, 0.1) is 19.3 Å². The number of nitrogens with zero attached hydrogens (tertiary/aromatic N) is 2. The summed E-state index contributed by atoms with van der Waals surface area (Å²) in [6.45, 7) is 18.6. The van der Waals surface area contributed by atoms with Gasteiger partial charge in [-0.3, -0.25) is 5.32 Å². The van der Waals surface area contributed by atoms with Crippen molar-refractivity contribution in [2.75, 3.05) is 52.9 Å². The highest BCUT2D eigenvalue weighted by Crippen LogP contribution is 2.51. The van der Waals surface area contributed by atoms with E-state index >= 15 is 0 Å². The molecule has 0 aromatic carbocycles. The fourth-order valence-electron chi connectivity index (χ4n) is 12.5. The Bertz CT molecular complexity index is 1260. The lowest BCUT2D eigenvalue weighted by Crippen LogP contribution is -2.40. The predicted molar refractivity (Wildman–Crippen MR) is 299 cm³/mol. The van der Waals surface area contributed by atoms with Gasteiger partial charge in [0.15, 0.2) is 0 Å². The van der Waals surface area contributed by atoms with Gasteiger partial charge in [0, 0.05) is 39.6 Å². The third kappa shape index (κ3) is 44.5. The molecule has 71 heavy (non-hydrogen) atoms. The Morgan fingerprint density at radius 2 is 0.817 bits per heavy atom. The second-order valence-electron chi connectivity index (χ2n) is 24.7. The maximum atomic E-state index is 10.3. The number of aliphatic hydroxyl groups is 4. The molecule has 420 valence electrons. The number of ether oxygens (including phenoxy) is 1. The largest absolute Gasteiger partial charge is 0.396 e. The molecule has 0 aromatic heterocycles. The summed E-state index contributed by atoms with van der Waals surface area (Å²) in [5, 5.41) is 38.4. The summed E-state index contributed by atoms with van der Waals surface area (Å²) in [6, 6.07) is 0.00750. The molecule has 2 aliphatic rings. The van der Waals surface area contributed by atoms with E-state index in [0.717, 1.165) is 64.0 Å². The summed E-state index contributed by atoms with van der Waals surface area (Å²) in [5.74, 6) is 0.777. The molecule has 0 spiro atoms. The average molecular weight is 1010 g/mol. The van der Waals surface area contributed by atoms with Crippen LogP contribution in [0.1, 0.15) is 292 Å². The number of aliphatic imine (C=N–C) groups is 2. The van der Waals surface area contributed by atoms with Crippen molar-refractivity contribution in [2.45, 2.75) is 298 Å². The molecular formula is C61H119N3O7. The van der Waals surface area contributed by atoms with Gasteiger partial charge < -0.3 is 25.2 Å². The van der Waals surface area contributed by atoms with Gasteiger partial charge in [-0.25, -0.2) is 19.6 Å². The van der Waals surface area contributed by atoms with Gasteiger partial charge in [0.2, 0.25) is 12.2 Å². The number of rotatable bonds is 44. The van der Waals surface area contributed by atoms with Crippen LogP contribution in [0.5, 0.6) is 0 Å². The third-order valence-corrected chi connectivity index (χ3v) is 15.3. The second kappa shape index (κ2) is 47.0. The van der Waals surface area contributed by atoms with E-state index in [0.29, 0.717) is 50.5 Å². The normalized spacial score (nSPS) is 21.3. The lowest BCUT2D eigenvalue weighted by molar-refractivity contribution is 0.0381. The Labute approximate surface area is 439 Å². The Balaban J connectivity index is 0.00000132. The molecule has 0 saturated heterocycles. The highest BCUT2D eigenvalue weighted by molar-refractivity contribution is 5.34. The van der Waals surface area contributed by atoms with Crippen LogP contribution in [0, 0.1) is 27.6 Å². The minimum absolute atomic E-state index is 0.00750. The van der Waals surface area contributed by atoms with Crippen LogP contribution in [0.3, 0.4) is 0 Å². The zero-order valence-electron chi connectivity index (χ0n) is 47.8. The predicted octanol–water partition coefficient (Wildman–Crippen LogP) is 15.5. The summed E-state index contributed by atoms with van der Waals surface area (Å²) in [5.41, 5.74) is 1.02. The zero-order chi connectivity index (χ0) is 52.6. The summed E-state index contributed by atoms with van der Waals surface area (Å²) in [6.07, 6.45) is 52.4. The first kappa shape index (κ1) is 69.5. The lowest BCUT2D eigenvalue weighted by atomic mass is 9.59. The molecule has 0 bridgehead atoms. The van der Waals surface area contributed by atoms with E-state index in [2.05, 4.69) is 56.8 Å². The molecule has 2 fully saturated rings. The van der Waals surface area contributed by atoms with Gasteiger partial charge in [-0.15, -0.1) is 0 Å². The van der Waals surface area contributed by atoms with Crippen LogP contribution < -0.4 is 5.32 Å². The summed E-state index contributed by atoms with van der Waals surface area (Å²) >= 11 is 0. The maximum Gasteiger partial charge on any atom is 0.235 e. The van der Waals surface area contributed by atoms with Crippen LogP contribution in [0.25, 0.3) is 0 Å². The van der Waals surface area contributed by atoms with Crippen molar-refractivity contribution in [3.63, 3.8) is 0 Å². The molecule has 2 saturated carbocycles. The van der Waals surface area contributed by atoms with Crippen molar-refractivity contribution in [3.05, 3.63) is 0 Å². The molecule has 0 aromatic rings. The van der Waals surface area contributed by atoms with Gasteiger partial charge >= 0.3 is 0 Å². The fourth-order valence-corrected chi connectivity index (χ4v) is 12.5. The molecule has 5 N–H and O–H groups in total. The number of carbonyl (C=O) groups excluding carboxylic acids is 2. The molecule has 4 unspecified atom stereocenters. The van der Waals surface area contributed by atoms with Crippen molar-refractivity contribution in [3.8, 4) is 0 Å². The summed E-state index contributed by atoms with van der Waals surface area (Å²) < 4.78 is 5.92. The summed E-state index contributed by atoms with van der Waals surface area (Å²) in [4.78, 5) is 28.0. The molecule has 2 rings (SSSR count). The van der Waals surface area contributed by atoms with Gasteiger partial charge in [-0.1, -0.05) is 215 Å². The Hall–Kier alpha value is -1.48. The quantitative estimate of drug-likeness (QED) is 0.0174. The minimum atomic E-state index is -0.0653. The van der Waals surface area contributed by atoms with E-state index in [9.17, 15) is 9.59 Å². The smallest absolute Gasteiger partial charge is 0.235 e. The minimum Gasteiger partial charge on any atom is -0.396 e. The van der Waals surface area contributed by atoms with Gasteiger partial charge in [-0.2, -0.15) is 0 Å². The second-order valence-corrected chi connectivity index (χ2v) is 24.7. The topological polar surface area (TPSA) is 161 Å². The highest BCUT2D eigenvalue weighted by Gasteiger charge is 2.42. The molecule has 10 nitrogen and oxygen atoms in total. The van der Waals surface area contributed by atoms with Crippen molar-refractivity contribution >= 4 is 12.2 Å². The first-order valence-corrected chi connectivity index (χ1v) is 30.1. The van der Waals surface area contributed by atoms with E-state index in [1.807, 2.05) is 0 Å². The highest BCUT2D eigenvalue weighted by atomic mass is 16.5. The SMILES string of the molecule is CC1(C)CC(CNCOCCCCCCCCCCCCO)CC(C)(CCCCCCCCCCCCCCO)C1.CC1(C)CC(N=C=O)CC(C)(CN=C=O)C1.OCCCCCCCCCCCCO. The Kier molecular flexibility index (Phi) is 46.0. The number of hydrogen-bond donors (Lipinski definition) is 5. The van der Waals surface area contributed by atoms with E-state index < -0.39 is 0 Å². The van der Waals surface area contributed by atoms with E-state index in [-0.39, 0.29) is 16.9 Å². The third-order valence-electron chi connectivity index (χ3n) is 15.3. The number of isocyanates is 2. The van der Waals surface area contributed by atoms with Crippen molar-refractivity contribution in [2.24, 2.45) is 37.6 Å². The standard InChI is InChI=1S/C37H75NO3.C12H18N2O2.C12H26O2/c1-36(2)30-35(32-38-34-41-29-25-21-17-13-9-8-12-16-20-24-28-40)31-37(3,33-36)26-22-18-14-10-6-4-5-7-11-15-19-23-27-39;1-11(2)4-10(14-9-16)5-12(3,6-11)7-13-8-15;13-11-9-7-5-3-1-2-4-6-8-10-12-14/h35,38-40H,4-34H2,1-3H3;10H,4-7H2,1-3H3;13-14H,1-12H2. The molecule has 0 amide bonds. The van der Waals surface area contributed by atoms with Crippen molar-refractivity contribution < 1.29 is 34.8 Å². The number of nitrogens with one attached hydrogen (secondary N) is 1. The van der Waals surface area contributed by atoms with Gasteiger partial charge in [0.1, 0.15) is 0 Å². The Morgan fingerprint density at radius 3 is 1.21 bits per heavy atom. The molecule has 10 heteroatoms. The van der Waals surface area contributed by atoms with Crippen LogP contribution >= 0.6 is 0 Å². The number of hydrogen-bond acceptors (Lipinski definition) is 10. The van der Waals surface area contributed by atoms with E-state index in [4.69, 9.17) is 25.2 Å². The molecule has 4 atom stereocenters. The first-order chi connectivity index (χ1) is 34.2. The molecule has 0 radical (unpaired) electrons.